The number of anilines is 1. The summed E-state index contributed by atoms with van der Waals surface area (Å²) < 4.78 is 0. The molecule has 0 radical (unpaired) electrons. The van der Waals surface area contributed by atoms with Crippen LogP contribution in [0.4, 0.5) is 11.4 Å². The molecule has 0 aliphatic heterocycles. The quantitative estimate of drug-likeness (QED) is 0.517. The van der Waals surface area contributed by atoms with E-state index < -0.39 is 22.7 Å². The van der Waals surface area contributed by atoms with Crippen LogP contribution in [-0.2, 0) is 4.79 Å². The highest BCUT2D eigenvalue weighted by molar-refractivity contribution is 5.95. The van der Waals surface area contributed by atoms with Crippen LogP contribution in [0.2, 0.25) is 0 Å². The van der Waals surface area contributed by atoms with Gasteiger partial charge in [0, 0.05) is 25.2 Å². The molecule has 0 bridgehead atoms. The molecule has 1 unspecified atom stereocenters. The molecule has 1 aromatic carbocycles. The summed E-state index contributed by atoms with van der Waals surface area (Å²) in [4.78, 5) is 32.6. The van der Waals surface area contributed by atoms with Crippen LogP contribution in [0.3, 0.4) is 0 Å². The van der Waals surface area contributed by atoms with Gasteiger partial charge in [0.15, 0.2) is 0 Å². The molecule has 0 spiro atoms. The zero-order chi connectivity index (χ0) is 16.0. The molecule has 0 aromatic heterocycles. The summed E-state index contributed by atoms with van der Waals surface area (Å²) >= 11 is 0. The van der Waals surface area contributed by atoms with Crippen molar-refractivity contribution in [1.82, 2.24) is 5.32 Å². The molecule has 8 nitrogen and oxygen atoms in total. The summed E-state index contributed by atoms with van der Waals surface area (Å²) in [6, 6.07) is 4.09. The predicted octanol–water partition coefficient (Wildman–Crippen LogP) is 1.48. The topological polar surface area (TPSA) is 122 Å². The van der Waals surface area contributed by atoms with Crippen molar-refractivity contribution in [2.45, 2.75) is 13.3 Å². The maximum atomic E-state index is 11.5. The number of carbonyl (C=O) groups is 2. The second-order valence-corrected chi connectivity index (χ2v) is 4.52. The zero-order valence-corrected chi connectivity index (χ0v) is 11.8. The Morgan fingerprint density at radius 1 is 1.43 bits per heavy atom. The zero-order valence-electron chi connectivity index (χ0n) is 11.8. The lowest BCUT2D eigenvalue weighted by Gasteiger charge is -2.10. The van der Waals surface area contributed by atoms with Crippen LogP contribution in [0.25, 0.3) is 0 Å². The van der Waals surface area contributed by atoms with Gasteiger partial charge in [-0.05, 0) is 18.6 Å². The number of aliphatic carboxylic acids is 1. The lowest BCUT2D eigenvalue weighted by molar-refractivity contribution is -0.384. The number of nitro groups is 1. The molecule has 1 rings (SSSR count). The fraction of sp³-hybridized carbons (Fsp3) is 0.385. The molecule has 0 saturated carbocycles. The van der Waals surface area contributed by atoms with Crippen LogP contribution in [0, 0.1) is 16.0 Å². The van der Waals surface area contributed by atoms with Gasteiger partial charge < -0.3 is 15.7 Å². The van der Waals surface area contributed by atoms with Crippen LogP contribution in [0.5, 0.6) is 0 Å². The number of carbonyl (C=O) groups excluding carboxylic acids is 1. The first-order valence-corrected chi connectivity index (χ1v) is 6.34. The summed E-state index contributed by atoms with van der Waals surface area (Å²) in [5.74, 6) is -1.87. The van der Waals surface area contributed by atoms with E-state index in [1.54, 1.807) is 6.92 Å². The number of nitrogens with one attached hydrogen (secondary N) is 2. The van der Waals surface area contributed by atoms with Crippen molar-refractivity contribution < 1.29 is 19.6 Å². The molecular weight excluding hydrogens is 278 g/mol. The molecule has 114 valence electrons. The molecule has 3 N–H and O–H groups in total. The number of rotatable bonds is 7. The predicted molar refractivity (Wildman–Crippen MR) is 76.4 cm³/mol. The second kappa shape index (κ2) is 7.22. The molecule has 21 heavy (non-hydrogen) atoms. The van der Waals surface area contributed by atoms with E-state index in [1.807, 2.05) is 0 Å². The Labute approximate surface area is 121 Å². The number of carboxylic acid groups (broad SMARTS) is 1. The minimum atomic E-state index is -0.915. The molecule has 1 aromatic rings. The monoisotopic (exact) mass is 295 g/mol. The molecule has 1 atom stereocenters. The standard InChI is InChI=1S/C13H17N3O5/c1-8(13(18)19)5-6-15-10-4-3-9(12(17)14-2)7-11(10)16(20)21/h3-4,7-8,15H,5-6H2,1-2H3,(H,14,17)(H,18,19). The van der Waals surface area contributed by atoms with E-state index in [4.69, 9.17) is 5.11 Å². The van der Waals surface area contributed by atoms with Crippen LogP contribution < -0.4 is 10.6 Å². The Balaban J connectivity index is 2.85. The van der Waals surface area contributed by atoms with Crippen molar-refractivity contribution >= 4 is 23.3 Å². The molecule has 0 aliphatic rings. The van der Waals surface area contributed by atoms with Crippen molar-refractivity contribution in [2.75, 3.05) is 18.9 Å². The SMILES string of the molecule is CNC(=O)c1ccc(NCCC(C)C(=O)O)c([N+](=O)[O-])c1. The fourth-order valence-corrected chi connectivity index (χ4v) is 1.66. The van der Waals surface area contributed by atoms with Gasteiger partial charge in [-0.3, -0.25) is 19.7 Å². The maximum absolute atomic E-state index is 11.5. The highest BCUT2D eigenvalue weighted by Gasteiger charge is 2.17. The van der Waals surface area contributed by atoms with Gasteiger partial charge in [-0.15, -0.1) is 0 Å². The Morgan fingerprint density at radius 3 is 2.62 bits per heavy atom. The molecule has 0 aliphatic carbocycles. The summed E-state index contributed by atoms with van der Waals surface area (Å²) in [6.45, 7) is 1.85. The number of nitrogens with zero attached hydrogens (tertiary/aromatic N) is 1. The van der Waals surface area contributed by atoms with Gasteiger partial charge in [0.25, 0.3) is 11.6 Å². The average molecular weight is 295 g/mol. The number of amides is 1. The van der Waals surface area contributed by atoms with Gasteiger partial charge in [-0.2, -0.15) is 0 Å². The van der Waals surface area contributed by atoms with Crippen LogP contribution >= 0.6 is 0 Å². The minimum absolute atomic E-state index is 0.189. The smallest absolute Gasteiger partial charge is 0.306 e. The first kappa shape index (κ1) is 16.4. The minimum Gasteiger partial charge on any atom is -0.481 e. The number of hydrogen-bond acceptors (Lipinski definition) is 5. The summed E-state index contributed by atoms with van der Waals surface area (Å²) in [5, 5.41) is 25.0. The van der Waals surface area contributed by atoms with E-state index in [9.17, 15) is 19.7 Å². The van der Waals surface area contributed by atoms with E-state index in [0.29, 0.717) is 6.42 Å². The number of nitro benzene ring substituents is 1. The average Bonchev–Trinajstić information content (AvgIpc) is 2.46. The first-order valence-electron chi connectivity index (χ1n) is 6.34. The third kappa shape index (κ3) is 4.44. The second-order valence-electron chi connectivity index (χ2n) is 4.52. The Bertz CT molecular complexity index is 559. The third-order valence-electron chi connectivity index (χ3n) is 3.00. The molecule has 8 heteroatoms. The van der Waals surface area contributed by atoms with Crippen LogP contribution in [0.15, 0.2) is 18.2 Å². The first-order chi connectivity index (χ1) is 9.86. The lowest BCUT2D eigenvalue weighted by Crippen LogP contribution is -2.18. The summed E-state index contributed by atoms with van der Waals surface area (Å²) in [7, 11) is 1.44. The van der Waals surface area contributed by atoms with Gasteiger partial charge in [0.05, 0.1) is 10.8 Å². The van der Waals surface area contributed by atoms with E-state index in [1.165, 1.54) is 25.2 Å². The van der Waals surface area contributed by atoms with E-state index in [-0.39, 0.29) is 23.5 Å². The van der Waals surface area contributed by atoms with Gasteiger partial charge >= 0.3 is 5.97 Å². The Morgan fingerprint density at radius 2 is 2.10 bits per heavy atom. The number of carboxylic acids is 1. The van der Waals surface area contributed by atoms with Gasteiger partial charge in [0.1, 0.15) is 5.69 Å². The molecule has 0 saturated heterocycles. The highest BCUT2D eigenvalue weighted by atomic mass is 16.6. The van der Waals surface area contributed by atoms with Gasteiger partial charge in [-0.1, -0.05) is 6.92 Å². The molecule has 0 heterocycles. The van der Waals surface area contributed by atoms with E-state index in [2.05, 4.69) is 10.6 Å². The number of benzene rings is 1. The Hall–Kier alpha value is -2.64. The third-order valence-corrected chi connectivity index (χ3v) is 3.00. The molecule has 0 fully saturated rings. The van der Waals surface area contributed by atoms with Crippen molar-refractivity contribution in [3.05, 3.63) is 33.9 Å². The van der Waals surface area contributed by atoms with E-state index in [0.717, 1.165) is 0 Å². The lowest BCUT2D eigenvalue weighted by atomic mass is 10.1. The summed E-state index contributed by atoms with van der Waals surface area (Å²) in [6.07, 6.45) is 0.337. The van der Waals surface area contributed by atoms with Gasteiger partial charge in [-0.25, -0.2) is 0 Å². The largest absolute Gasteiger partial charge is 0.481 e. The van der Waals surface area contributed by atoms with Gasteiger partial charge in [0.2, 0.25) is 0 Å². The summed E-state index contributed by atoms with van der Waals surface area (Å²) in [5.41, 5.74) is 0.220. The van der Waals surface area contributed by atoms with Crippen molar-refractivity contribution in [2.24, 2.45) is 5.92 Å². The van der Waals surface area contributed by atoms with Crippen LogP contribution in [0.1, 0.15) is 23.7 Å². The molecular formula is C13H17N3O5. The van der Waals surface area contributed by atoms with Crippen LogP contribution in [-0.4, -0.2) is 35.5 Å². The number of hydrogen-bond donors (Lipinski definition) is 3. The molecule has 1 amide bonds. The van der Waals surface area contributed by atoms with E-state index >= 15 is 0 Å². The van der Waals surface area contributed by atoms with Crippen molar-refractivity contribution in [1.29, 1.82) is 0 Å². The maximum Gasteiger partial charge on any atom is 0.306 e. The normalized spacial score (nSPS) is 11.5. The van der Waals surface area contributed by atoms with Crippen molar-refractivity contribution in [3.8, 4) is 0 Å². The van der Waals surface area contributed by atoms with Crippen molar-refractivity contribution in [3.63, 3.8) is 0 Å². The Kier molecular flexibility index (Phi) is 5.65. The fourth-order valence-electron chi connectivity index (χ4n) is 1.66. The highest BCUT2D eigenvalue weighted by Crippen LogP contribution is 2.25.